The van der Waals surface area contributed by atoms with E-state index in [1.165, 1.54) is 13.2 Å². The zero-order chi connectivity index (χ0) is 21.8. The number of benzene rings is 2. The standard InChI is InChI=1S/C24H23NO6/c1-29-23(28)24(18-5-3-2-4-6-18)11-13-25(14-12-24)21(26)16-30-19-9-7-17-8-10-22(27)31-20(17)15-19/h2-10,15H,11-14,16H2,1H3. The van der Waals surface area contributed by atoms with Gasteiger partial charge in [0.1, 0.15) is 11.3 Å². The van der Waals surface area contributed by atoms with Crippen LogP contribution in [-0.2, 0) is 19.7 Å². The second-order valence-corrected chi connectivity index (χ2v) is 7.56. The maximum Gasteiger partial charge on any atom is 0.336 e. The van der Waals surface area contributed by atoms with E-state index in [0.29, 0.717) is 37.3 Å². The summed E-state index contributed by atoms with van der Waals surface area (Å²) in [5.41, 5.74) is 0.120. The van der Waals surface area contributed by atoms with Gasteiger partial charge in [-0.3, -0.25) is 9.59 Å². The Hall–Kier alpha value is -3.61. The van der Waals surface area contributed by atoms with Crippen LogP contribution in [-0.4, -0.2) is 43.6 Å². The molecule has 0 saturated carbocycles. The summed E-state index contributed by atoms with van der Waals surface area (Å²) in [5, 5.41) is 0.773. The Morgan fingerprint density at radius 1 is 1.03 bits per heavy atom. The van der Waals surface area contributed by atoms with Gasteiger partial charge in [0.2, 0.25) is 0 Å². The molecule has 7 nitrogen and oxygen atoms in total. The van der Waals surface area contributed by atoms with E-state index in [2.05, 4.69) is 0 Å². The number of amides is 1. The minimum atomic E-state index is -0.746. The molecule has 1 saturated heterocycles. The average molecular weight is 421 g/mol. The number of likely N-dealkylation sites (tertiary alicyclic amines) is 1. The van der Waals surface area contributed by atoms with Crippen molar-refractivity contribution < 1.29 is 23.5 Å². The molecule has 2 heterocycles. The molecule has 1 amide bonds. The summed E-state index contributed by atoms with van der Waals surface area (Å²) in [6, 6.07) is 17.7. The van der Waals surface area contributed by atoms with Crippen LogP contribution in [0.1, 0.15) is 18.4 Å². The lowest BCUT2D eigenvalue weighted by atomic mass is 9.72. The number of nitrogens with zero attached hydrogens (tertiary/aromatic N) is 1. The van der Waals surface area contributed by atoms with Crippen molar-refractivity contribution in [2.75, 3.05) is 26.8 Å². The summed E-state index contributed by atoms with van der Waals surface area (Å²) in [7, 11) is 1.39. The molecule has 3 aromatic rings. The molecule has 7 heteroatoms. The Balaban J connectivity index is 1.41. The van der Waals surface area contributed by atoms with Crippen LogP contribution in [0.5, 0.6) is 5.75 Å². The molecule has 0 spiro atoms. The van der Waals surface area contributed by atoms with Crippen LogP contribution >= 0.6 is 0 Å². The molecule has 1 aliphatic heterocycles. The van der Waals surface area contributed by atoms with Crippen molar-refractivity contribution in [1.29, 1.82) is 0 Å². The molecule has 0 atom stereocenters. The normalized spacial score (nSPS) is 15.5. The van der Waals surface area contributed by atoms with Gasteiger partial charge in [0.05, 0.1) is 12.5 Å². The Bertz CT molecular complexity index is 1150. The van der Waals surface area contributed by atoms with E-state index < -0.39 is 11.0 Å². The van der Waals surface area contributed by atoms with Crippen LogP contribution in [0.3, 0.4) is 0 Å². The number of piperidine rings is 1. The quantitative estimate of drug-likeness (QED) is 0.465. The minimum Gasteiger partial charge on any atom is -0.484 e. The maximum absolute atomic E-state index is 12.7. The van der Waals surface area contributed by atoms with Crippen LogP contribution < -0.4 is 10.4 Å². The lowest BCUT2D eigenvalue weighted by molar-refractivity contribution is -0.151. The molecule has 31 heavy (non-hydrogen) atoms. The molecule has 0 radical (unpaired) electrons. The Kier molecular flexibility index (Phi) is 5.75. The van der Waals surface area contributed by atoms with Gasteiger partial charge in [0, 0.05) is 30.6 Å². The van der Waals surface area contributed by atoms with Crippen molar-refractivity contribution in [2.45, 2.75) is 18.3 Å². The molecular formula is C24H23NO6. The third-order valence-electron chi connectivity index (χ3n) is 5.83. The van der Waals surface area contributed by atoms with Crippen molar-refractivity contribution in [3.8, 4) is 5.75 Å². The molecular weight excluding hydrogens is 398 g/mol. The molecule has 1 aliphatic rings. The van der Waals surface area contributed by atoms with E-state index in [1.807, 2.05) is 30.3 Å². The fourth-order valence-corrected chi connectivity index (χ4v) is 4.07. The van der Waals surface area contributed by atoms with Crippen LogP contribution in [0.2, 0.25) is 0 Å². The first-order chi connectivity index (χ1) is 15.0. The number of methoxy groups -OCH3 is 1. The topological polar surface area (TPSA) is 86.0 Å². The fourth-order valence-electron chi connectivity index (χ4n) is 4.07. The zero-order valence-corrected chi connectivity index (χ0v) is 17.2. The van der Waals surface area contributed by atoms with Crippen LogP contribution in [0.15, 0.2) is 69.9 Å². The van der Waals surface area contributed by atoms with Gasteiger partial charge in [-0.1, -0.05) is 30.3 Å². The predicted molar refractivity (Wildman–Crippen MR) is 114 cm³/mol. The van der Waals surface area contributed by atoms with Gasteiger partial charge in [-0.2, -0.15) is 0 Å². The van der Waals surface area contributed by atoms with E-state index in [9.17, 15) is 14.4 Å². The zero-order valence-electron chi connectivity index (χ0n) is 17.2. The number of fused-ring (bicyclic) bond motifs is 1. The minimum absolute atomic E-state index is 0.140. The predicted octanol–water partition coefficient (Wildman–Crippen LogP) is 2.91. The summed E-state index contributed by atoms with van der Waals surface area (Å²) < 4.78 is 15.9. The highest BCUT2D eigenvalue weighted by Gasteiger charge is 2.44. The van der Waals surface area contributed by atoms with Crippen LogP contribution in [0, 0.1) is 0 Å². The number of rotatable bonds is 5. The number of esters is 1. The molecule has 160 valence electrons. The second kappa shape index (κ2) is 8.63. The third-order valence-corrected chi connectivity index (χ3v) is 5.83. The van der Waals surface area contributed by atoms with E-state index in [1.54, 1.807) is 29.2 Å². The Morgan fingerprint density at radius 2 is 1.74 bits per heavy atom. The van der Waals surface area contributed by atoms with Gasteiger partial charge < -0.3 is 18.8 Å². The Labute approximate surface area is 179 Å². The van der Waals surface area contributed by atoms with Crippen molar-refractivity contribution in [1.82, 2.24) is 4.90 Å². The molecule has 0 N–H and O–H groups in total. The number of hydrogen-bond donors (Lipinski definition) is 0. The summed E-state index contributed by atoms with van der Waals surface area (Å²) in [6.07, 6.45) is 0.965. The first kappa shape index (κ1) is 20.7. The third kappa shape index (κ3) is 4.17. The lowest BCUT2D eigenvalue weighted by Gasteiger charge is -2.40. The fraction of sp³-hybridized carbons (Fsp3) is 0.292. The SMILES string of the molecule is COC(=O)C1(c2ccccc2)CCN(C(=O)COc2ccc3ccc(=O)oc3c2)CC1. The van der Waals surface area contributed by atoms with E-state index in [-0.39, 0.29) is 18.5 Å². The average Bonchev–Trinajstić information content (AvgIpc) is 2.82. The van der Waals surface area contributed by atoms with Gasteiger partial charge in [0.15, 0.2) is 6.61 Å². The van der Waals surface area contributed by atoms with Crippen LogP contribution in [0.25, 0.3) is 11.0 Å². The highest BCUT2D eigenvalue weighted by molar-refractivity contribution is 5.84. The Morgan fingerprint density at radius 3 is 2.45 bits per heavy atom. The molecule has 1 aromatic heterocycles. The number of carbonyl (C=O) groups is 2. The first-order valence-corrected chi connectivity index (χ1v) is 10.1. The largest absolute Gasteiger partial charge is 0.484 e. The van der Waals surface area contributed by atoms with E-state index in [0.717, 1.165) is 10.9 Å². The van der Waals surface area contributed by atoms with Crippen molar-refractivity contribution in [3.63, 3.8) is 0 Å². The van der Waals surface area contributed by atoms with Gasteiger partial charge in [-0.15, -0.1) is 0 Å². The molecule has 1 fully saturated rings. The molecule has 0 unspecified atom stereocenters. The van der Waals surface area contributed by atoms with Crippen molar-refractivity contribution in [3.05, 3.63) is 76.6 Å². The van der Waals surface area contributed by atoms with Crippen molar-refractivity contribution >= 4 is 22.8 Å². The van der Waals surface area contributed by atoms with E-state index in [4.69, 9.17) is 13.9 Å². The summed E-state index contributed by atoms with van der Waals surface area (Å²) in [6.45, 7) is 0.719. The van der Waals surface area contributed by atoms with Gasteiger partial charge in [-0.25, -0.2) is 4.79 Å². The summed E-state index contributed by atoms with van der Waals surface area (Å²) in [4.78, 5) is 38.4. The highest BCUT2D eigenvalue weighted by Crippen LogP contribution is 2.36. The maximum atomic E-state index is 12.7. The monoisotopic (exact) mass is 421 g/mol. The second-order valence-electron chi connectivity index (χ2n) is 7.56. The number of carbonyl (C=O) groups excluding carboxylic acids is 2. The number of hydrogen-bond acceptors (Lipinski definition) is 6. The molecule has 0 bridgehead atoms. The highest BCUT2D eigenvalue weighted by atomic mass is 16.5. The van der Waals surface area contributed by atoms with Crippen molar-refractivity contribution in [2.24, 2.45) is 0 Å². The van der Waals surface area contributed by atoms with Gasteiger partial charge >= 0.3 is 11.6 Å². The lowest BCUT2D eigenvalue weighted by Crippen LogP contribution is -2.50. The summed E-state index contributed by atoms with van der Waals surface area (Å²) >= 11 is 0. The molecule has 2 aromatic carbocycles. The van der Waals surface area contributed by atoms with Gasteiger partial charge in [0.25, 0.3) is 5.91 Å². The molecule has 0 aliphatic carbocycles. The number of ether oxygens (including phenoxy) is 2. The van der Waals surface area contributed by atoms with E-state index >= 15 is 0 Å². The van der Waals surface area contributed by atoms with Gasteiger partial charge in [-0.05, 0) is 36.6 Å². The smallest absolute Gasteiger partial charge is 0.336 e. The van der Waals surface area contributed by atoms with Crippen LogP contribution in [0.4, 0.5) is 0 Å². The molecule has 4 rings (SSSR count). The first-order valence-electron chi connectivity index (χ1n) is 10.1. The summed E-state index contributed by atoms with van der Waals surface area (Å²) in [5.74, 6) is 0.00115.